The highest BCUT2D eigenvalue weighted by atomic mass is 16.3. The van der Waals surface area contributed by atoms with Crippen LogP contribution in [-0.4, -0.2) is 26.5 Å². The molecular formula is C19H18N4O4. The van der Waals surface area contributed by atoms with Gasteiger partial charge >= 0.3 is 0 Å². The minimum atomic E-state index is -0.643. The third-order valence-corrected chi connectivity index (χ3v) is 4.13. The summed E-state index contributed by atoms with van der Waals surface area (Å²) in [5.41, 5.74) is 6.18. The predicted octanol–water partition coefficient (Wildman–Crippen LogP) is 1.51. The fourth-order valence-electron chi connectivity index (χ4n) is 2.75. The molecule has 0 aliphatic heterocycles. The highest BCUT2D eigenvalue weighted by Crippen LogP contribution is 2.15. The summed E-state index contributed by atoms with van der Waals surface area (Å²) in [6, 6.07) is 10.7. The second-order valence-corrected chi connectivity index (χ2v) is 5.88. The number of amides is 2. The molecule has 27 heavy (non-hydrogen) atoms. The lowest BCUT2D eigenvalue weighted by atomic mass is 10.1. The quantitative estimate of drug-likeness (QED) is 0.608. The molecular weight excluding hydrogens is 348 g/mol. The van der Waals surface area contributed by atoms with E-state index in [0.717, 1.165) is 0 Å². The Balaban J connectivity index is 1.82. The summed E-state index contributed by atoms with van der Waals surface area (Å²) < 4.78 is 1.58. The van der Waals surface area contributed by atoms with Crippen molar-refractivity contribution >= 4 is 22.8 Å². The van der Waals surface area contributed by atoms with Crippen molar-refractivity contribution in [2.24, 2.45) is 0 Å². The number of para-hydroxylation sites is 1. The number of carbonyl (C=O) groups excluding carboxylic acids is 2. The minimum absolute atomic E-state index is 0.0422. The summed E-state index contributed by atoms with van der Waals surface area (Å²) in [5.74, 6) is -1.38. The molecule has 0 bridgehead atoms. The second-order valence-electron chi connectivity index (χ2n) is 5.88. The van der Waals surface area contributed by atoms with Crippen LogP contribution in [0.1, 0.15) is 33.3 Å². The van der Waals surface area contributed by atoms with E-state index in [1.165, 1.54) is 12.1 Å². The molecule has 8 heteroatoms. The molecule has 0 saturated carbocycles. The van der Waals surface area contributed by atoms with Gasteiger partial charge in [-0.3, -0.25) is 25.2 Å². The van der Waals surface area contributed by atoms with E-state index in [-0.39, 0.29) is 22.4 Å². The number of aryl methyl sites for hydroxylation is 2. The predicted molar refractivity (Wildman–Crippen MR) is 99.5 cm³/mol. The number of hydrogen-bond acceptors (Lipinski definition) is 5. The van der Waals surface area contributed by atoms with Crippen LogP contribution in [0.3, 0.4) is 0 Å². The summed E-state index contributed by atoms with van der Waals surface area (Å²) in [4.78, 5) is 40.7. The molecule has 138 valence electrons. The third-order valence-electron chi connectivity index (χ3n) is 4.13. The average molecular weight is 366 g/mol. The molecule has 2 amide bonds. The fourth-order valence-corrected chi connectivity index (χ4v) is 2.75. The Hall–Kier alpha value is -3.68. The SMILES string of the molecule is CCn1c(=O)c(C)nc2cc(C(=O)NNC(=O)c3ccccc3O)ccc21. The number of nitrogens with zero attached hydrogens (tertiary/aromatic N) is 2. The molecule has 3 rings (SSSR count). The van der Waals surface area contributed by atoms with Crippen LogP contribution in [0.2, 0.25) is 0 Å². The molecule has 2 aromatic carbocycles. The molecule has 3 aromatic rings. The van der Waals surface area contributed by atoms with Crippen molar-refractivity contribution in [3.63, 3.8) is 0 Å². The van der Waals surface area contributed by atoms with E-state index in [2.05, 4.69) is 15.8 Å². The molecule has 0 aliphatic rings. The van der Waals surface area contributed by atoms with Crippen LogP contribution in [0.4, 0.5) is 0 Å². The number of rotatable bonds is 3. The van der Waals surface area contributed by atoms with Crippen LogP contribution >= 0.6 is 0 Å². The summed E-state index contributed by atoms with van der Waals surface area (Å²) in [5, 5.41) is 9.67. The first-order valence-electron chi connectivity index (χ1n) is 8.32. The summed E-state index contributed by atoms with van der Waals surface area (Å²) >= 11 is 0. The van der Waals surface area contributed by atoms with E-state index in [9.17, 15) is 19.5 Å². The number of fused-ring (bicyclic) bond motifs is 1. The van der Waals surface area contributed by atoms with E-state index in [1.807, 2.05) is 6.92 Å². The summed E-state index contributed by atoms with van der Waals surface area (Å²) in [6.45, 7) is 3.96. The first kappa shape index (κ1) is 18.1. The smallest absolute Gasteiger partial charge is 0.273 e. The van der Waals surface area contributed by atoms with Gasteiger partial charge in [-0.1, -0.05) is 12.1 Å². The van der Waals surface area contributed by atoms with Gasteiger partial charge in [0.25, 0.3) is 17.4 Å². The van der Waals surface area contributed by atoms with Gasteiger partial charge < -0.3 is 9.67 Å². The van der Waals surface area contributed by atoms with Crippen LogP contribution in [0, 0.1) is 6.92 Å². The number of nitrogens with one attached hydrogen (secondary N) is 2. The van der Waals surface area contributed by atoms with E-state index in [4.69, 9.17) is 0 Å². The number of hydrazine groups is 1. The first-order valence-corrected chi connectivity index (χ1v) is 8.32. The Morgan fingerprint density at radius 2 is 1.81 bits per heavy atom. The molecule has 3 N–H and O–H groups in total. The molecule has 0 fully saturated rings. The Kier molecular flexibility index (Phi) is 4.89. The van der Waals surface area contributed by atoms with E-state index in [1.54, 1.807) is 41.8 Å². The lowest BCUT2D eigenvalue weighted by Gasteiger charge is -2.11. The number of phenolic OH excluding ortho intramolecular Hbond substituents is 1. The molecule has 0 aliphatic carbocycles. The molecule has 0 saturated heterocycles. The molecule has 0 unspecified atom stereocenters. The van der Waals surface area contributed by atoms with Gasteiger partial charge in [-0.15, -0.1) is 0 Å². The third kappa shape index (κ3) is 3.50. The molecule has 0 atom stereocenters. The minimum Gasteiger partial charge on any atom is -0.507 e. The maximum Gasteiger partial charge on any atom is 0.273 e. The zero-order valence-electron chi connectivity index (χ0n) is 14.8. The average Bonchev–Trinajstić information content (AvgIpc) is 2.67. The van der Waals surface area contributed by atoms with Gasteiger partial charge in [-0.25, -0.2) is 4.98 Å². The van der Waals surface area contributed by atoms with Crippen molar-refractivity contribution in [3.05, 3.63) is 69.6 Å². The van der Waals surface area contributed by atoms with Crippen molar-refractivity contribution in [3.8, 4) is 5.75 Å². The maximum absolute atomic E-state index is 12.3. The van der Waals surface area contributed by atoms with Gasteiger partial charge in [0, 0.05) is 12.1 Å². The first-order chi connectivity index (χ1) is 12.9. The number of benzene rings is 2. The lowest BCUT2D eigenvalue weighted by Crippen LogP contribution is -2.41. The van der Waals surface area contributed by atoms with Crippen LogP contribution in [0.15, 0.2) is 47.3 Å². The number of phenols is 1. The molecule has 1 aromatic heterocycles. The number of aromatic nitrogens is 2. The number of carbonyl (C=O) groups is 2. The van der Waals surface area contributed by atoms with E-state index in [0.29, 0.717) is 23.3 Å². The van der Waals surface area contributed by atoms with Crippen molar-refractivity contribution in [1.82, 2.24) is 20.4 Å². The molecule has 0 radical (unpaired) electrons. The fraction of sp³-hybridized carbons (Fsp3) is 0.158. The number of hydrogen-bond donors (Lipinski definition) is 3. The summed E-state index contributed by atoms with van der Waals surface area (Å²) in [6.07, 6.45) is 0. The largest absolute Gasteiger partial charge is 0.507 e. The molecule has 8 nitrogen and oxygen atoms in total. The van der Waals surface area contributed by atoms with Gasteiger partial charge in [0.1, 0.15) is 11.4 Å². The monoisotopic (exact) mass is 366 g/mol. The molecule has 0 spiro atoms. The maximum atomic E-state index is 12.3. The van der Waals surface area contributed by atoms with Crippen LogP contribution < -0.4 is 16.4 Å². The van der Waals surface area contributed by atoms with Crippen molar-refractivity contribution in [2.45, 2.75) is 20.4 Å². The number of aromatic hydroxyl groups is 1. The van der Waals surface area contributed by atoms with Crippen LogP contribution in [0.25, 0.3) is 11.0 Å². The van der Waals surface area contributed by atoms with Gasteiger partial charge in [0.2, 0.25) is 0 Å². The highest BCUT2D eigenvalue weighted by Gasteiger charge is 2.14. The van der Waals surface area contributed by atoms with Crippen LogP contribution in [0.5, 0.6) is 5.75 Å². The zero-order chi connectivity index (χ0) is 19.6. The van der Waals surface area contributed by atoms with Gasteiger partial charge in [-0.2, -0.15) is 0 Å². The van der Waals surface area contributed by atoms with Gasteiger partial charge in [0.05, 0.1) is 16.6 Å². The zero-order valence-corrected chi connectivity index (χ0v) is 14.8. The second kappa shape index (κ2) is 7.28. The molecule has 1 heterocycles. The van der Waals surface area contributed by atoms with E-state index >= 15 is 0 Å². The Labute approximate surface area is 154 Å². The van der Waals surface area contributed by atoms with Crippen LogP contribution in [-0.2, 0) is 6.54 Å². The summed E-state index contributed by atoms with van der Waals surface area (Å²) in [7, 11) is 0. The lowest BCUT2D eigenvalue weighted by molar-refractivity contribution is 0.0845. The Bertz CT molecular complexity index is 1100. The Morgan fingerprint density at radius 1 is 1.11 bits per heavy atom. The van der Waals surface area contributed by atoms with Crippen molar-refractivity contribution < 1.29 is 14.7 Å². The van der Waals surface area contributed by atoms with Crippen molar-refractivity contribution in [1.29, 1.82) is 0 Å². The highest BCUT2D eigenvalue weighted by molar-refractivity contribution is 6.01. The normalized spacial score (nSPS) is 10.6. The standard InChI is InChI=1S/C19H18N4O4/c1-3-23-15-9-8-12(10-14(15)20-11(2)19(23)27)17(25)21-22-18(26)13-6-4-5-7-16(13)24/h4-10,24H,3H2,1-2H3,(H,21,25)(H,22,26). The topological polar surface area (TPSA) is 113 Å². The van der Waals surface area contributed by atoms with Gasteiger partial charge in [-0.05, 0) is 44.2 Å². The Morgan fingerprint density at radius 3 is 2.52 bits per heavy atom. The van der Waals surface area contributed by atoms with Gasteiger partial charge in [0.15, 0.2) is 0 Å². The van der Waals surface area contributed by atoms with Crippen molar-refractivity contribution in [2.75, 3.05) is 0 Å². The van der Waals surface area contributed by atoms with E-state index < -0.39 is 11.8 Å².